The Bertz CT molecular complexity index is 1410. The summed E-state index contributed by atoms with van der Waals surface area (Å²) in [6.45, 7) is 3.33. The van der Waals surface area contributed by atoms with Gasteiger partial charge in [-0.05, 0) is 67.6 Å². The summed E-state index contributed by atoms with van der Waals surface area (Å²) >= 11 is 0. The van der Waals surface area contributed by atoms with Crippen LogP contribution in [0.2, 0.25) is 0 Å². The molecule has 0 atom stereocenters. The predicted octanol–water partition coefficient (Wildman–Crippen LogP) is 3.16. The first kappa shape index (κ1) is 28.9. The monoisotopic (exact) mass is 560 g/mol. The largest absolute Gasteiger partial charge is 0.508 e. The Morgan fingerprint density at radius 2 is 1.82 bits per heavy atom. The molecular weight excluding hydrogens is 529 g/mol. The van der Waals surface area contributed by atoms with Crippen LogP contribution >= 0.6 is 0 Å². The summed E-state index contributed by atoms with van der Waals surface area (Å²) in [7, 11) is 0. The van der Waals surface area contributed by atoms with E-state index in [9.17, 15) is 33.0 Å². The quantitative estimate of drug-likeness (QED) is 0.283. The number of alkyl halides is 3. The van der Waals surface area contributed by atoms with Crippen molar-refractivity contribution in [3.8, 4) is 28.6 Å². The van der Waals surface area contributed by atoms with Gasteiger partial charge in [0.15, 0.2) is 5.82 Å². The summed E-state index contributed by atoms with van der Waals surface area (Å²) in [5, 5.41) is 33.9. The summed E-state index contributed by atoms with van der Waals surface area (Å²) in [6, 6.07) is 9.39. The van der Waals surface area contributed by atoms with Crippen LogP contribution in [0.25, 0.3) is 17.1 Å². The summed E-state index contributed by atoms with van der Waals surface area (Å²) in [4.78, 5) is 25.3. The number of halogens is 3. The van der Waals surface area contributed by atoms with E-state index in [2.05, 4.69) is 15.5 Å². The number of rotatable bonds is 8. The van der Waals surface area contributed by atoms with Crippen LogP contribution in [0.15, 0.2) is 36.4 Å². The topological polar surface area (TPSA) is 155 Å². The number of hydrogen-bond acceptors (Lipinski definition) is 7. The van der Waals surface area contributed by atoms with Gasteiger partial charge in [-0.2, -0.15) is 13.2 Å². The molecule has 2 heterocycles. The Hall–Kier alpha value is -4.13. The van der Waals surface area contributed by atoms with Gasteiger partial charge in [-0.3, -0.25) is 14.2 Å². The molecule has 214 valence electrons. The van der Waals surface area contributed by atoms with Crippen LogP contribution in [-0.4, -0.2) is 62.6 Å². The number of nitrogens with two attached hydrogens (primary N) is 1. The molecule has 3 aromatic rings. The molecule has 4 rings (SSSR count). The van der Waals surface area contributed by atoms with E-state index in [1.807, 2.05) is 19.2 Å². The van der Waals surface area contributed by atoms with Crippen LogP contribution in [0.1, 0.15) is 54.4 Å². The average Bonchev–Trinajstić information content (AvgIpc) is 3.32. The van der Waals surface area contributed by atoms with E-state index >= 15 is 0 Å². The van der Waals surface area contributed by atoms with Gasteiger partial charge in [-0.15, -0.1) is 10.2 Å². The lowest BCUT2D eigenvalue weighted by Crippen LogP contribution is -2.46. The summed E-state index contributed by atoms with van der Waals surface area (Å²) < 4.78 is 39.8. The summed E-state index contributed by atoms with van der Waals surface area (Å²) in [6.07, 6.45) is -3.26. The molecule has 1 saturated heterocycles. The minimum Gasteiger partial charge on any atom is -0.508 e. The Labute approximate surface area is 228 Å². The number of piperidine rings is 1. The fourth-order valence-electron chi connectivity index (χ4n) is 4.96. The average molecular weight is 561 g/mol. The number of primary amides is 1. The minimum absolute atomic E-state index is 0.0276. The lowest BCUT2D eigenvalue weighted by molar-refractivity contribution is -0.129. The minimum atomic E-state index is -4.65. The van der Waals surface area contributed by atoms with E-state index < -0.39 is 35.8 Å². The van der Waals surface area contributed by atoms with Gasteiger partial charge in [0.2, 0.25) is 11.7 Å². The highest BCUT2D eigenvalue weighted by atomic mass is 19.4. The molecule has 0 bridgehead atoms. The Morgan fingerprint density at radius 1 is 1.12 bits per heavy atom. The van der Waals surface area contributed by atoms with Crippen molar-refractivity contribution in [2.75, 3.05) is 19.6 Å². The number of nitrogens with zero attached hydrogens (tertiary/aromatic N) is 3. The standard InChI is InChI=1S/C27H31F3N6O4/c1-15(2)18-11-19(21(38)12-20(18)37)22-34-35-23(24(39)33-14-27(28,29)30)36(22)17-5-3-4-16(10-17)13-26(25(31)40)6-8-32-9-7-26/h3-5,10-12,15,32,37-38H,6-9,13-14H2,1-2H3,(H2,31,40)(H,33,39). The van der Waals surface area contributed by atoms with Crippen LogP contribution < -0.4 is 16.4 Å². The second-order valence-corrected chi connectivity index (χ2v) is 10.3. The van der Waals surface area contributed by atoms with Gasteiger partial charge in [-0.1, -0.05) is 26.0 Å². The normalized spacial score (nSPS) is 15.2. The van der Waals surface area contributed by atoms with Gasteiger partial charge >= 0.3 is 6.18 Å². The second kappa shape index (κ2) is 11.2. The fourth-order valence-corrected chi connectivity index (χ4v) is 4.96. The number of carbonyl (C=O) groups excluding carboxylic acids is 2. The molecule has 1 fully saturated rings. The van der Waals surface area contributed by atoms with E-state index in [4.69, 9.17) is 5.73 Å². The number of aromatic hydroxyl groups is 2. The Balaban J connectivity index is 1.84. The molecule has 0 radical (unpaired) electrons. The molecule has 13 heteroatoms. The molecule has 40 heavy (non-hydrogen) atoms. The SMILES string of the molecule is CC(C)c1cc(-c2nnc(C(=O)NCC(F)(F)F)n2-c2cccc(CC3(C(N)=O)CCNCC3)c2)c(O)cc1O. The maximum Gasteiger partial charge on any atom is 0.405 e. The van der Waals surface area contributed by atoms with Crippen molar-refractivity contribution in [3.63, 3.8) is 0 Å². The van der Waals surface area contributed by atoms with Gasteiger partial charge in [0.05, 0.1) is 11.0 Å². The lowest BCUT2D eigenvalue weighted by atomic mass is 9.73. The molecule has 0 unspecified atom stereocenters. The third kappa shape index (κ3) is 6.03. The number of phenolic OH excluding ortho intramolecular Hbond substituents is 2. The number of carbonyl (C=O) groups is 2. The smallest absolute Gasteiger partial charge is 0.405 e. The molecule has 1 aliphatic heterocycles. The van der Waals surface area contributed by atoms with Crippen LogP contribution in [-0.2, 0) is 11.2 Å². The van der Waals surface area contributed by atoms with Gasteiger partial charge in [0.1, 0.15) is 18.0 Å². The highest BCUT2D eigenvalue weighted by Crippen LogP contribution is 2.39. The van der Waals surface area contributed by atoms with Crippen molar-refractivity contribution in [3.05, 3.63) is 53.3 Å². The third-order valence-corrected chi connectivity index (χ3v) is 7.12. The van der Waals surface area contributed by atoms with E-state index in [0.717, 1.165) is 6.07 Å². The maximum atomic E-state index is 12.9. The van der Waals surface area contributed by atoms with Crippen molar-refractivity contribution in [2.24, 2.45) is 11.1 Å². The van der Waals surface area contributed by atoms with Crippen LogP contribution in [0, 0.1) is 5.41 Å². The number of aromatic nitrogens is 3. The first-order valence-electron chi connectivity index (χ1n) is 12.8. The zero-order valence-corrected chi connectivity index (χ0v) is 22.0. The summed E-state index contributed by atoms with van der Waals surface area (Å²) in [5.74, 6) is -2.68. The van der Waals surface area contributed by atoms with E-state index in [-0.39, 0.29) is 28.8 Å². The van der Waals surface area contributed by atoms with E-state index in [0.29, 0.717) is 49.2 Å². The fraction of sp³-hybridized carbons (Fsp3) is 0.407. The molecule has 1 aliphatic rings. The number of hydrogen-bond donors (Lipinski definition) is 5. The number of amides is 2. The number of phenols is 2. The number of nitrogens with one attached hydrogen (secondary N) is 2. The second-order valence-electron chi connectivity index (χ2n) is 10.3. The molecular formula is C27H31F3N6O4. The van der Waals surface area contributed by atoms with Crippen molar-refractivity contribution < 1.29 is 33.0 Å². The van der Waals surface area contributed by atoms with Crippen molar-refractivity contribution >= 4 is 11.8 Å². The van der Waals surface area contributed by atoms with Crippen LogP contribution in [0.3, 0.4) is 0 Å². The van der Waals surface area contributed by atoms with Gasteiger partial charge in [0, 0.05) is 11.8 Å². The van der Waals surface area contributed by atoms with Gasteiger partial charge in [-0.25, -0.2) is 0 Å². The zero-order chi connectivity index (χ0) is 29.2. The van der Waals surface area contributed by atoms with Crippen molar-refractivity contribution in [2.45, 2.75) is 45.2 Å². The first-order chi connectivity index (χ1) is 18.8. The van der Waals surface area contributed by atoms with E-state index in [1.54, 1.807) is 24.3 Å². The van der Waals surface area contributed by atoms with E-state index in [1.165, 1.54) is 10.6 Å². The van der Waals surface area contributed by atoms with Gasteiger partial charge < -0.3 is 26.6 Å². The van der Waals surface area contributed by atoms with Crippen LogP contribution in [0.5, 0.6) is 11.5 Å². The van der Waals surface area contributed by atoms with Crippen molar-refractivity contribution in [1.29, 1.82) is 0 Å². The van der Waals surface area contributed by atoms with Crippen molar-refractivity contribution in [1.82, 2.24) is 25.4 Å². The molecule has 0 spiro atoms. The highest BCUT2D eigenvalue weighted by molar-refractivity contribution is 5.92. The van der Waals surface area contributed by atoms with Crippen LogP contribution in [0.4, 0.5) is 13.2 Å². The molecule has 0 saturated carbocycles. The summed E-state index contributed by atoms with van der Waals surface area (Å²) in [5.41, 5.74) is 6.63. The molecule has 10 nitrogen and oxygen atoms in total. The molecule has 2 aromatic carbocycles. The number of benzene rings is 2. The molecule has 0 aliphatic carbocycles. The Kier molecular flexibility index (Phi) is 8.05. The molecule has 6 N–H and O–H groups in total. The predicted molar refractivity (Wildman–Crippen MR) is 140 cm³/mol. The lowest BCUT2D eigenvalue weighted by Gasteiger charge is -2.35. The maximum absolute atomic E-state index is 12.9. The molecule has 1 aromatic heterocycles. The third-order valence-electron chi connectivity index (χ3n) is 7.12. The first-order valence-corrected chi connectivity index (χ1v) is 12.8. The Morgan fingerprint density at radius 3 is 2.45 bits per heavy atom. The zero-order valence-electron chi connectivity index (χ0n) is 22.0. The molecule has 2 amide bonds. The highest BCUT2D eigenvalue weighted by Gasteiger charge is 2.38. The van der Waals surface area contributed by atoms with Gasteiger partial charge in [0.25, 0.3) is 5.91 Å².